The molecule has 2 saturated carbocycles. The number of ether oxygens (including phenoxy) is 3. The number of rotatable bonds is 4. The van der Waals surface area contributed by atoms with Crippen LogP contribution in [0.1, 0.15) is 55.2 Å². The second-order valence-corrected chi connectivity index (χ2v) is 9.75. The lowest BCUT2D eigenvalue weighted by Crippen LogP contribution is -2.42. The standard InChI is InChI=1S/C28H32O4/c1-28-12-11-22-21-9-7-20(30-2)15-18(21)6-8-23(22)24(28)16-19(27(28)29)13-17-5-10-25(31-3)26(14-17)32-4/h5,7,9-10,13-15,22-24H,6,8,11-12,16H2,1-4H3/b19-13+. The highest BCUT2D eigenvalue weighted by Gasteiger charge is 2.56. The van der Waals surface area contributed by atoms with E-state index in [2.05, 4.69) is 31.2 Å². The molecule has 3 aliphatic carbocycles. The lowest BCUT2D eigenvalue weighted by molar-refractivity contribution is -0.127. The second kappa shape index (κ2) is 7.99. The summed E-state index contributed by atoms with van der Waals surface area (Å²) < 4.78 is 16.3. The quantitative estimate of drug-likeness (QED) is 0.570. The van der Waals surface area contributed by atoms with E-state index in [-0.39, 0.29) is 5.41 Å². The number of benzene rings is 2. The van der Waals surface area contributed by atoms with Crippen molar-refractivity contribution in [2.24, 2.45) is 17.3 Å². The van der Waals surface area contributed by atoms with Gasteiger partial charge in [-0.15, -0.1) is 0 Å². The van der Waals surface area contributed by atoms with Crippen molar-refractivity contribution in [2.45, 2.75) is 44.9 Å². The minimum Gasteiger partial charge on any atom is -0.497 e. The topological polar surface area (TPSA) is 44.8 Å². The number of ketones is 1. The molecule has 3 aliphatic rings. The van der Waals surface area contributed by atoms with Gasteiger partial charge in [-0.25, -0.2) is 0 Å². The van der Waals surface area contributed by atoms with Gasteiger partial charge < -0.3 is 14.2 Å². The molecule has 4 unspecified atom stereocenters. The molecule has 0 N–H and O–H groups in total. The Morgan fingerprint density at radius 1 is 0.969 bits per heavy atom. The van der Waals surface area contributed by atoms with E-state index in [1.807, 2.05) is 18.2 Å². The number of hydrogen-bond acceptors (Lipinski definition) is 4. The zero-order valence-corrected chi connectivity index (χ0v) is 19.4. The normalized spacial score (nSPS) is 29.8. The third-order valence-electron chi connectivity index (χ3n) is 8.32. The van der Waals surface area contributed by atoms with E-state index < -0.39 is 0 Å². The fraction of sp³-hybridized carbons (Fsp3) is 0.464. The van der Waals surface area contributed by atoms with E-state index in [9.17, 15) is 4.79 Å². The molecule has 0 spiro atoms. The summed E-state index contributed by atoms with van der Waals surface area (Å²) in [5.41, 5.74) is 4.62. The maximum Gasteiger partial charge on any atom is 0.165 e. The van der Waals surface area contributed by atoms with Crippen LogP contribution >= 0.6 is 0 Å². The van der Waals surface area contributed by atoms with Gasteiger partial charge in [0.2, 0.25) is 0 Å². The molecule has 0 bridgehead atoms. The maximum absolute atomic E-state index is 13.6. The predicted octanol–water partition coefficient (Wildman–Crippen LogP) is 5.83. The molecule has 0 radical (unpaired) electrons. The number of carbonyl (C=O) groups excluding carboxylic acids is 1. The van der Waals surface area contributed by atoms with E-state index in [1.165, 1.54) is 11.1 Å². The zero-order valence-electron chi connectivity index (χ0n) is 19.4. The number of aryl methyl sites for hydroxylation is 1. The lowest BCUT2D eigenvalue weighted by Gasteiger charge is -2.48. The highest BCUT2D eigenvalue weighted by atomic mass is 16.5. The highest BCUT2D eigenvalue weighted by molar-refractivity contribution is 6.06. The van der Waals surface area contributed by atoms with Crippen LogP contribution in [0.15, 0.2) is 42.0 Å². The molecule has 0 aliphatic heterocycles. The summed E-state index contributed by atoms with van der Waals surface area (Å²) >= 11 is 0. The van der Waals surface area contributed by atoms with E-state index in [4.69, 9.17) is 14.2 Å². The molecule has 0 heterocycles. The first kappa shape index (κ1) is 21.1. The van der Waals surface area contributed by atoms with Crippen LogP contribution in [0.5, 0.6) is 17.2 Å². The minimum atomic E-state index is -0.243. The van der Waals surface area contributed by atoms with Crippen molar-refractivity contribution in [3.05, 3.63) is 58.7 Å². The molecular weight excluding hydrogens is 400 g/mol. The van der Waals surface area contributed by atoms with Gasteiger partial charge in [0.1, 0.15) is 5.75 Å². The fourth-order valence-corrected chi connectivity index (χ4v) is 6.63. The molecule has 2 aromatic carbocycles. The molecule has 0 saturated heterocycles. The molecular formula is C28H32O4. The summed E-state index contributed by atoms with van der Waals surface area (Å²) in [5, 5.41) is 0. The summed E-state index contributed by atoms with van der Waals surface area (Å²) in [6, 6.07) is 12.4. The average molecular weight is 433 g/mol. The Hall–Kier alpha value is -2.75. The summed E-state index contributed by atoms with van der Waals surface area (Å²) in [5.74, 6) is 4.21. The number of Topliss-reactive ketones (excluding diaryl/α,β-unsaturated/α-hetero) is 1. The van der Waals surface area contributed by atoms with Crippen LogP contribution in [0.3, 0.4) is 0 Å². The molecule has 4 nitrogen and oxygen atoms in total. The first-order valence-electron chi connectivity index (χ1n) is 11.6. The Labute approximate surface area is 190 Å². The molecule has 4 atom stereocenters. The van der Waals surface area contributed by atoms with Crippen molar-refractivity contribution < 1.29 is 19.0 Å². The van der Waals surface area contributed by atoms with E-state index in [1.54, 1.807) is 21.3 Å². The molecule has 32 heavy (non-hydrogen) atoms. The van der Waals surface area contributed by atoms with Gasteiger partial charge >= 0.3 is 0 Å². The molecule has 4 heteroatoms. The van der Waals surface area contributed by atoms with Crippen LogP contribution in [0.4, 0.5) is 0 Å². The highest BCUT2D eigenvalue weighted by Crippen LogP contribution is 2.61. The van der Waals surface area contributed by atoms with Crippen molar-refractivity contribution in [3.63, 3.8) is 0 Å². The summed E-state index contributed by atoms with van der Waals surface area (Å²) in [6.07, 6.45) is 7.23. The van der Waals surface area contributed by atoms with Crippen LogP contribution in [-0.4, -0.2) is 27.1 Å². The number of carbonyl (C=O) groups is 1. The zero-order chi connectivity index (χ0) is 22.5. The monoisotopic (exact) mass is 432 g/mol. The van der Waals surface area contributed by atoms with E-state index in [0.29, 0.717) is 35.0 Å². The fourth-order valence-electron chi connectivity index (χ4n) is 6.63. The first-order chi connectivity index (χ1) is 15.5. The van der Waals surface area contributed by atoms with Crippen LogP contribution < -0.4 is 14.2 Å². The number of hydrogen-bond donors (Lipinski definition) is 0. The molecule has 5 rings (SSSR count). The Morgan fingerprint density at radius 2 is 1.78 bits per heavy atom. The van der Waals surface area contributed by atoms with Crippen molar-refractivity contribution >= 4 is 11.9 Å². The van der Waals surface area contributed by atoms with Gasteiger partial charge in [0, 0.05) is 5.41 Å². The van der Waals surface area contributed by atoms with Crippen molar-refractivity contribution in [1.82, 2.24) is 0 Å². The number of fused-ring (bicyclic) bond motifs is 5. The van der Waals surface area contributed by atoms with Gasteiger partial charge in [-0.3, -0.25) is 4.79 Å². The summed E-state index contributed by atoms with van der Waals surface area (Å²) in [6.45, 7) is 2.22. The molecule has 168 valence electrons. The van der Waals surface area contributed by atoms with Crippen molar-refractivity contribution in [2.75, 3.05) is 21.3 Å². The van der Waals surface area contributed by atoms with Crippen LogP contribution in [0.25, 0.3) is 6.08 Å². The molecule has 2 aromatic rings. The lowest BCUT2D eigenvalue weighted by atomic mass is 9.55. The van der Waals surface area contributed by atoms with Crippen molar-refractivity contribution in [1.29, 1.82) is 0 Å². The third-order valence-corrected chi connectivity index (χ3v) is 8.32. The Bertz CT molecular complexity index is 1080. The first-order valence-corrected chi connectivity index (χ1v) is 11.6. The molecule has 2 fully saturated rings. The van der Waals surface area contributed by atoms with Gasteiger partial charge in [-0.2, -0.15) is 0 Å². The maximum atomic E-state index is 13.6. The Kier molecular flexibility index (Phi) is 5.27. The van der Waals surface area contributed by atoms with Crippen LogP contribution in [0, 0.1) is 17.3 Å². The third kappa shape index (κ3) is 3.23. The minimum absolute atomic E-state index is 0.243. The molecule has 0 amide bonds. The average Bonchev–Trinajstić information content (AvgIpc) is 3.08. The Morgan fingerprint density at radius 3 is 2.53 bits per heavy atom. The SMILES string of the molecule is COc1ccc2c(c1)CCC1C2CCC2(C)C(=O)/C(=C/c3ccc(OC)c(OC)c3)CC12. The Balaban J connectivity index is 1.45. The smallest absolute Gasteiger partial charge is 0.165 e. The van der Waals surface area contributed by atoms with Gasteiger partial charge in [0.15, 0.2) is 17.3 Å². The van der Waals surface area contributed by atoms with E-state index >= 15 is 0 Å². The van der Waals surface area contributed by atoms with Crippen molar-refractivity contribution in [3.8, 4) is 17.2 Å². The van der Waals surface area contributed by atoms with Gasteiger partial charge in [0.25, 0.3) is 0 Å². The largest absolute Gasteiger partial charge is 0.497 e. The predicted molar refractivity (Wildman–Crippen MR) is 126 cm³/mol. The van der Waals surface area contributed by atoms with Gasteiger partial charge in [-0.1, -0.05) is 19.1 Å². The van der Waals surface area contributed by atoms with E-state index in [0.717, 1.165) is 49.0 Å². The van der Waals surface area contributed by atoms with Crippen LogP contribution in [0.2, 0.25) is 0 Å². The number of allylic oxidation sites excluding steroid dienone is 1. The van der Waals surface area contributed by atoms with Gasteiger partial charge in [-0.05, 0) is 102 Å². The number of methoxy groups -OCH3 is 3. The summed E-state index contributed by atoms with van der Waals surface area (Å²) in [4.78, 5) is 13.6. The van der Waals surface area contributed by atoms with Crippen LogP contribution in [-0.2, 0) is 11.2 Å². The van der Waals surface area contributed by atoms with Gasteiger partial charge in [0.05, 0.1) is 21.3 Å². The second-order valence-electron chi connectivity index (χ2n) is 9.75. The summed E-state index contributed by atoms with van der Waals surface area (Å²) in [7, 11) is 5.01. The molecule has 0 aromatic heterocycles.